The molecular weight excluding hydrogens is 220 g/mol. The maximum Gasteiger partial charge on any atom is 0.221 e. The SMILES string of the molecule is CCNC(=O)CCN1CCC2(CC1)OCCO2. The molecule has 2 aliphatic rings. The first-order chi connectivity index (χ1) is 8.24. The number of ether oxygens (including phenoxy) is 2. The van der Waals surface area contributed by atoms with Crippen molar-refractivity contribution in [1.82, 2.24) is 10.2 Å². The normalized spacial score (nSPS) is 24.1. The van der Waals surface area contributed by atoms with E-state index in [1.807, 2.05) is 6.92 Å². The number of hydrogen-bond donors (Lipinski definition) is 1. The predicted molar refractivity (Wildman–Crippen MR) is 63.6 cm³/mol. The molecule has 98 valence electrons. The summed E-state index contributed by atoms with van der Waals surface area (Å²) < 4.78 is 11.3. The van der Waals surface area contributed by atoms with Crippen LogP contribution in [-0.4, -0.2) is 56.0 Å². The number of nitrogens with one attached hydrogen (secondary N) is 1. The van der Waals surface area contributed by atoms with E-state index in [0.717, 1.165) is 45.7 Å². The van der Waals surface area contributed by atoms with E-state index in [-0.39, 0.29) is 11.7 Å². The van der Waals surface area contributed by atoms with E-state index in [9.17, 15) is 4.79 Å². The molecule has 1 amide bonds. The zero-order valence-corrected chi connectivity index (χ0v) is 10.5. The summed E-state index contributed by atoms with van der Waals surface area (Å²) in [5.74, 6) is -0.163. The lowest BCUT2D eigenvalue weighted by Gasteiger charge is -2.37. The average Bonchev–Trinajstić information content (AvgIpc) is 2.78. The van der Waals surface area contributed by atoms with E-state index in [1.165, 1.54) is 0 Å². The fourth-order valence-corrected chi connectivity index (χ4v) is 2.45. The molecule has 17 heavy (non-hydrogen) atoms. The quantitative estimate of drug-likeness (QED) is 0.773. The van der Waals surface area contributed by atoms with Crippen LogP contribution in [0.4, 0.5) is 0 Å². The number of rotatable bonds is 4. The van der Waals surface area contributed by atoms with Gasteiger partial charge >= 0.3 is 0 Å². The zero-order valence-electron chi connectivity index (χ0n) is 10.5. The highest BCUT2D eigenvalue weighted by molar-refractivity contribution is 5.75. The lowest BCUT2D eigenvalue weighted by Crippen LogP contribution is -2.45. The number of nitrogens with zero attached hydrogens (tertiary/aromatic N) is 1. The highest BCUT2D eigenvalue weighted by Crippen LogP contribution is 2.31. The maximum absolute atomic E-state index is 11.3. The van der Waals surface area contributed by atoms with Crippen LogP contribution in [0.1, 0.15) is 26.2 Å². The molecule has 1 N–H and O–H groups in total. The highest BCUT2D eigenvalue weighted by Gasteiger charge is 2.39. The molecule has 2 aliphatic heterocycles. The van der Waals surface area contributed by atoms with Gasteiger partial charge in [-0.15, -0.1) is 0 Å². The summed E-state index contributed by atoms with van der Waals surface area (Å²) in [5.41, 5.74) is 0. The molecule has 0 aliphatic carbocycles. The zero-order chi connectivity index (χ0) is 12.1. The van der Waals surface area contributed by atoms with Crippen molar-refractivity contribution >= 4 is 5.91 Å². The molecule has 0 unspecified atom stereocenters. The van der Waals surface area contributed by atoms with Crippen molar-refractivity contribution in [2.75, 3.05) is 39.4 Å². The number of piperidine rings is 1. The van der Waals surface area contributed by atoms with Crippen LogP contribution >= 0.6 is 0 Å². The lowest BCUT2D eigenvalue weighted by atomic mass is 10.0. The van der Waals surface area contributed by atoms with Crippen LogP contribution in [0.2, 0.25) is 0 Å². The van der Waals surface area contributed by atoms with Crippen molar-refractivity contribution in [3.63, 3.8) is 0 Å². The summed E-state index contributed by atoms with van der Waals surface area (Å²) >= 11 is 0. The van der Waals surface area contributed by atoms with Gasteiger partial charge in [-0.1, -0.05) is 0 Å². The Kier molecular flexibility index (Phi) is 4.36. The molecule has 0 saturated carbocycles. The van der Waals surface area contributed by atoms with E-state index in [2.05, 4.69) is 10.2 Å². The Bertz CT molecular complexity index is 254. The second kappa shape index (κ2) is 5.80. The minimum Gasteiger partial charge on any atom is -0.356 e. The number of carbonyl (C=O) groups excluding carboxylic acids is 1. The Labute approximate surface area is 102 Å². The number of amides is 1. The molecule has 2 heterocycles. The molecule has 5 nitrogen and oxygen atoms in total. The third kappa shape index (κ3) is 3.40. The second-order valence-corrected chi connectivity index (χ2v) is 4.65. The Balaban J connectivity index is 1.67. The van der Waals surface area contributed by atoms with Crippen LogP contribution in [0.15, 0.2) is 0 Å². The van der Waals surface area contributed by atoms with Gasteiger partial charge in [0, 0.05) is 45.4 Å². The van der Waals surface area contributed by atoms with Crippen molar-refractivity contribution in [2.24, 2.45) is 0 Å². The van der Waals surface area contributed by atoms with Gasteiger partial charge in [0.1, 0.15) is 0 Å². The van der Waals surface area contributed by atoms with E-state index in [4.69, 9.17) is 9.47 Å². The lowest BCUT2D eigenvalue weighted by molar-refractivity contribution is -0.185. The van der Waals surface area contributed by atoms with Crippen molar-refractivity contribution < 1.29 is 14.3 Å². The third-order valence-electron chi connectivity index (χ3n) is 3.46. The van der Waals surface area contributed by atoms with Gasteiger partial charge in [-0.3, -0.25) is 4.79 Å². The topological polar surface area (TPSA) is 50.8 Å². The van der Waals surface area contributed by atoms with Gasteiger partial charge in [0.25, 0.3) is 0 Å². The first-order valence-corrected chi connectivity index (χ1v) is 6.51. The molecule has 5 heteroatoms. The number of likely N-dealkylation sites (tertiary alicyclic amines) is 1. The number of carbonyl (C=O) groups is 1. The first-order valence-electron chi connectivity index (χ1n) is 6.51. The summed E-state index contributed by atoms with van der Waals surface area (Å²) in [6.45, 7) is 6.85. The van der Waals surface area contributed by atoms with E-state index < -0.39 is 0 Å². The van der Waals surface area contributed by atoms with Crippen LogP contribution in [0.5, 0.6) is 0 Å². The van der Waals surface area contributed by atoms with Crippen molar-refractivity contribution in [3.05, 3.63) is 0 Å². The van der Waals surface area contributed by atoms with Crippen LogP contribution in [0.25, 0.3) is 0 Å². The summed E-state index contributed by atoms with van der Waals surface area (Å²) in [6.07, 6.45) is 2.42. The number of hydrogen-bond acceptors (Lipinski definition) is 4. The Hall–Kier alpha value is -0.650. The summed E-state index contributed by atoms with van der Waals surface area (Å²) in [7, 11) is 0. The van der Waals surface area contributed by atoms with E-state index in [0.29, 0.717) is 13.0 Å². The molecule has 0 aromatic heterocycles. The molecule has 0 aromatic carbocycles. The minimum absolute atomic E-state index is 0.140. The first kappa shape index (κ1) is 12.8. The molecule has 2 saturated heterocycles. The van der Waals surface area contributed by atoms with Gasteiger partial charge < -0.3 is 19.7 Å². The molecule has 0 bridgehead atoms. The summed E-state index contributed by atoms with van der Waals surface area (Å²) in [5, 5.41) is 2.82. The highest BCUT2D eigenvalue weighted by atomic mass is 16.7. The average molecular weight is 242 g/mol. The predicted octanol–water partition coefficient (Wildman–Crippen LogP) is 0.352. The fourth-order valence-electron chi connectivity index (χ4n) is 2.45. The van der Waals surface area contributed by atoms with Gasteiger partial charge in [0.15, 0.2) is 5.79 Å². The Morgan fingerprint density at radius 1 is 1.29 bits per heavy atom. The smallest absolute Gasteiger partial charge is 0.221 e. The van der Waals surface area contributed by atoms with Crippen molar-refractivity contribution in [3.8, 4) is 0 Å². The van der Waals surface area contributed by atoms with Crippen LogP contribution in [0.3, 0.4) is 0 Å². The van der Waals surface area contributed by atoms with E-state index in [1.54, 1.807) is 0 Å². The van der Waals surface area contributed by atoms with Gasteiger partial charge in [0.05, 0.1) is 13.2 Å². The standard InChI is InChI=1S/C12H22N2O3/c1-2-13-11(15)3-6-14-7-4-12(5-8-14)16-9-10-17-12/h2-10H2,1H3,(H,13,15). The van der Waals surface area contributed by atoms with Crippen molar-refractivity contribution in [2.45, 2.75) is 32.0 Å². The molecule has 2 fully saturated rings. The minimum atomic E-state index is -0.303. The molecule has 1 spiro atoms. The van der Waals surface area contributed by atoms with Crippen molar-refractivity contribution in [1.29, 1.82) is 0 Å². The van der Waals surface area contributed by atoms with E-state index >= 15 is 0 Å². The molecule has 0 atom stereocenters. The largest absolute Gasteiger partial charge is 0.356 e. The van der Waals surface area contributed by atoms with Crippen LogP contribution in [0, 0.1) is 0 Å². The van der Waals surface area contributed by atoms with Gasteiger partial charge in [-0.2, -0.15) is 0 Å². The maximum atomic E-state index is 11.3. The van der Waals surface area contributed by atoms with Gasteiger partial charge in [-0.25, -0.2) is 0 Å². The Morgan fingerprint density at radius 3 is 2.53 bits per heavy atom. The fraction of sp³-hybridized carbons (Fsp3) is 0.917. The summed E-state index contributed by atoms with van der Waals surface area (Å²) in [6, 6.07) is 0. The second-order valence-electron chi connectivity index (χ2n) is 4.65. The van der Waals surface area contributed by atoms with Gasteiger partial charge in [-0.05, 0) is 6.92 Å². The molecule has 0 radical (unpaired) electrons. The van der Waals surface area contributed by atoms with Gasteiger partial charge in [0.2, 0.25) is 5.91 Å². The summed E-state index contributed by atoms with van der Waals surface area (Å²) in [4.78, 5) is 13.7. The van der Waals surface area contributed by atoms with Crippen LogP contribution < -0.4 is 5.32 Å². The van der Waals surface area contributed by atoms with Crippen LogP contribution in [-0.2, 0) is 14.3 Å². The third-order valence-corrected chi connectivity index (χ3v) is 3.46. The molecular formula is C12H22N2O3. The molecule has 2 rings (SSSR count). The Morgan fingerprint density at radius 2 is 1.94 bits per heavy atom. The molecule has 0 aromatic rings. The monoisotopic (exact) mass is 242 g/mol.